The maximum absolute atomic E-state index is 12.7. The zero-order valence-electron chi connectivity index (χ0n) is 14.2. The number of nitrogens with zero attached hydrogens (tertiary/aromatic N) is 1. The first kappa shape index (κ1) is 18.4. The molecule has 7 heteroatoms. The number of carbonyl (C=O) groups is 2. The van der Waals surface area contributed by atoms with Gasteiger partial charge in [0.2, 0.25) is 0 Å². The van der Waals surface area contributed by atoms with Crippen molar-refractivity contribution in [3.05, 3.63) is 29.8 Å². The molecule has 0 saturated carbocycles. The molecule has 2 rings (SSSR count). The number of likely N-dealkylation sites (tertiary alicyclic amines) is 1. The number of hydrogen-bond acceptors (Lipinski definition) is 4. The molecule has 1 aromatic carbocycles. The van der Waals surface area contributed by atoms with E-state index in [0.717, 1.165) is 0 Å². The van der Waals surface area contributed by atoms with E-state index in [0.29, 0.717) is 13.0 Å². The third kappa shape index (κ3) is 3.17. The van der Waals surface area contributed by atoms with Gasteiger partial charge in [0.05, 0.1) is 16.1 Å². The minimum Gasteiger partial charge on any atom is -0.481 e. The molecular formula is C17H23NO5S. The van der Waals surface area contributed by atoms with Gasteiger partial charge < -0.3 is 10.0 Å². The first-order valence-electron chi connectivity index (χ1n) is 7.99. The van der Waals surface area contributed by atoms with Crippen molar-refractivity contribution in [1.29, 1.82) is 0 Å². The molecule has 1 N–H and O–H groups in total. The topological polar surface area (TPSA) is 91.8 Å². The average Bonchev–Trinajstić information content (AvgIpc) is 3.01. The number of aliphatic carboxylic acids is 1. The summed E-state index contributed by atoms with van der Waals surface area (Å²) >= 11 is 0. The summed E-state index contributed by atoms with van der Waals surface area (Å²) in [7, 11) is -3.39. The Morgan fingerprint density at radius 3 is 2.50 bits per heavy atom. The van der Waals surface area contributed by atoms with E-state index in [2.05, 4.69) is 0 Å². The van der Waals surface area contributed by atoms with Crippen molar-refractivity contribution in [1.82, 2.24) is 4.90 Å². The van der Waals surface area contributed by atoms with Gasteiger partial charge in [0, 0.05) is 18.7 Å². The highest BCUT2D eigenvalue weighted by Gasteiger charge is 2.48. The zero-order valence-corrected chi connectivity index (χ0v) is 15.0. The van der Waals surface area contributed by atoms with Crippen molar-refractivity contribution in [3.63, 3.8) is 0 Å². The van der Waals surface area contributed by atoms with Crippen LogP contribution in [0.4, 0.5) is 0 Å². The molecule has 0 radical (unpaired) electrons. The Labute approximate surface area is 142 Å². The summed E-state index contributed by atoms with van der Waals surface area (Å²) in [5, 5.41) is 9.57. The molecule has 0 aliphatic carbocycles. The average molecular weight is 353 g/mol. The van der Waals surface area contributed by atoms with Gasteiger partial charge in [0.25, 0.3) is 5.91 Å². The van der Waals surface area contributed by atoms with Crippen molar-refractivity contribution in [2.75, 3.05) is 18.8 Å². The molecule has 1 aromatic rings. The van der Waals surface area contributed by atoms with Crippen LogP contribution < -0.4 is 0 Å². The van der Waals surface area contributed by atoms with Gasteiger partial charge in [-0.2, -0.15) is 0 Å². The van der Waals surface area contributed by atoms with Gasteiger partial charge in [0.1, 0.15) is 0 Å². The normalized spacial score (nSPS) is 21.2. The predicted molar refractivity (Wildman–Crippen MR) is 89.6 cm³/mol. The second kappa shape index (κ2) is 6.55. The summed E-state index contributed by atoms with van der Waals surface area (Å²) in [6.07, 6.45) is 0.401. The van der Waals surface area contributed by atoms with E-state index in [9.17, 15) is 23.1 Å². The lowest BCUT2D eigenvalue weighted by atomic mass is 9.76. The van der Waals surface area contributed by atoms with Crippen LogP contribution in [-0.2, 0) is 14.6 Å². The molecule has 0 aromatic heterocycles. The predicted octanol–water partition coefficient (Wildman–Crippen LogP) is 2.05. The molecule has 1 unspecified atom stereocenters. The van der Waals surface area contributed by atoms with E-state index in [4.69, 9.17) is 0 Å². The molecule has 24 heavy (non-hydrogen) atoms. The van der Waals surface area contributed by atoms with E-state index in [-0.39, 0.29) is 34.6 Å². The van der Waals surface area contributed by atoms with Crippen LogP contribution in [-0.4, -0.2) is 49.1 Å². The number of benzene rings is 1. The van der Waals surface area contributed by atoms with Crippen molar-refractivity contribution in [2.45, 2.75) is 32.1 Å². The van der Waals surface area contributed by atoms with Crippen LogP contribution in [0.3, 0.4) is 0 Å². The number of amides is 1. The number of carbonyl (C=O) groups excluding carboxylic acids is 1. The van der Waals surface area contributed by atoms with Crippen LogP contribution in [0.1, 0.15) is 37.6 Å². The van der Waals surface area contributed by atoms with E-state index < -0.39 is 21.2 Å². The first-order valence-corrected chi connectivity index (χ1v) is 9.65. The van der Waals surface area contributed by atoms with E-state index >= 15 is 0 Å². The Balaban J connectivity index is 2.28. The molecule has 1 aliphatic heterocycles. The molecule has 132 valence electrons. The zero-order chi connectivity index (χ0) is 18.1. The Kier molecular flexibility index (Phi) is 5.03. The van der Waals surface area contributed by atoms with Crippen molar-refractivity contribution in [3.8, 4) is 0 Å². The Bertz CT molecular complexity index is 756. The standard InChI is InChI=1S/C17H23NO5S/c1-4-24(22,23)14-7-5-6-13(10-14)15(19)18-9-8-17(11-18,12(2)3)16(20)21/h5-7,10,12H,4,8-9,11H2,1-3H3,(H,20,21). The summed E-state index contributed by atoms with van der Waals surface area (Å²) in [5.41, 5.74) is -0.669. The molecule has 1 fully saturated rings. The third-order valence-corrected chi connectivity index (χ3v) is 6.67. The van der Waals surface area contributed by atoms with Gasteiger partial charge in [-0.25, -0.2) is 8.42 Å². The summed E-state index contributed by atoms with van der Waals surface area (Å²) in [5.74, 6) is -1.36. The van der Waals surface area contributed by atoms with Gasteiger partial charge >= 0.3 is 5.97 Å². The van der Waals surface area contributed by atoms with Crippen LogP contribution in [0.15, 0.2) is 29.2 Å². The second-order valence-corrected chi connectivity index (χ2v) is 8.80. The van der Waals surface area contributed by atoms with Crippen LogP contribution in [0.5, 0.6) is 0 Å². The maximum atomic E-state index is 12.7. The SMILES string of the molecule is CCS(=O)(=O)c1cccc(C(=O)N2CCC(C(=O)O)(C(C)C)C2)c1. The molecule has 1 amide bonds. The number of carboxylic acid groups (broad SMARTS) is 1. The molecule has 6 nitrogen and oxygen atoms in total. The van der Waals surface area contributed by atoms with Crippen LogP contribution in [0.2, 0.25) is 0 Å². The van der Waals surface area contributed by atoms with Gasteiger partial charge in [-0.05, 0) is 30.5 Å². The largest absolute Gasteiger partial charge is 0.481 e. The van der Waals surface area contributed by atoms with E-state index in [1.165, 1.54) is 17.0 Å². The van der Waals surface area contributed by atoms with E-state index in [1.54, 1.807) is 19.1 Å². The Morgan fingerprint density at radius 1 is 1.33 bits per heavy atom. The Hall–Kier alpha value is -1.89. The van der Waals surface area contributed by atoms with Gasteiger partial charge in [-0.1, -0.05) is 26.8 Å². The van der Waals surface area contributed by atoms with E-state index in [1.807, 2.05) is 13.8 Å². The van der Waals surface area contributed by atoms with Crippen molar-refractivity contribution >= 4 is 21.7 Å². The minimum absolute atomic E-state index is 0.0379. The summed E-state index contributed by atoms with van der Waals surface area (Å²) in [6, 6.07) is 5.94. The summed E-state index contributed by atoms with van der Waals surface area (Å²) < 4.78 is 24.0. The fraction of sp³-hybridized carbons (Fsp3) is 0.529. The van der Waals surface area contributed by atoms with Crippen molar-refractivity contribution < 1.29 is 23.1 Å². The van der Waals surface area contributed by atoms with Gasteiger partial charge in [-0.3, -0.25) is 9.59 Å². The molecule has 0 spiro atoms. The minimum atomic E-state index is -3.39. The third-order valence-electron chi connectivity index (χ3n) is 4.94. The smallest absolute Gasteiger partial charge is 0.311 e. The lowest BCUT2D eigenvalue weighted by Crippen LogP contribution is -2.40. The summed E-state index contributed by atoms with van der Waals surface area (Å²) in [4.78, 5) is 26.0. The molecule has 1 saturated heterocycles. The number of hydrogen-bond donors (Lipinski definition) is 1. The second-order valence-electron chi connectivity index (χ2n) is 6.52. The lowest BCUT2D eigenvalue weighted by molar-refractivity contribution is -0.150. The molecule has 1 heterocycles. The van der Waals surface area contributed by atoms with Gasteiger partial charge in [0.15, 0.2) is 9.84 Å². The molecule has 1 aliphatic rings. The maximum Gasteiger partial charge on any atom is 0.311 e. The number of carboxylic acids is 1. The number of rotatable bonds is 5. The first-order chi connectivity index (χ1) is 11.1. The Morgan fingerprint density at radius 2 is 2.00 bits per heavy atom. The van der Waals surface area contributed by atoms with Crippen LogP contribution in [0, 0.1) is 11.3 Å². The van der Waals surface area contributed by atoms with Gasteiger partial charge in [-0.15, -0.1) is 0 Å². The fourth-order valence-corrected chi connectivity index (χ4v) is 4.00. The summed E-state index contributed by atoms with van der Waals surface area (Å²) in [6.45, 7) is 5.74. The fourth-order valence-electron chi connectivity index (χ4n) is 3.07. The highest BCUT2D eigenvalue weighted by molar-refractivity contribution is 7.91. The quantitative estimate of drug-likeness (QED) is 0.875. The number of sulfone groups is 1. The molecule has 0 bridgehead atoms. The van der Waals surface area contributed by atoms with Crippen molar-refractivity contribution in [2.24, 2.45) is 11.3 Å². The molecule has 1 atom stereocenters. The highest BCUT2D eigenvalue weighted by atomic mass is 32.2. The molecular weight excluding hydrogens is 330 g/mol. The monoisotopic (exact) mass is 353 g/mol. The van der Waals surface area contributed by atoms with Crippen LogP contribution >= 0.6 is 0 Å². The lowest BCUT2D eigenvalue weighted by Gasteiger charge is -2.28. The highest BCUT2D eigenvalue weighted by Crippen LogP contribution is 2.38. The van der Waals surface area contributed by atoms with Crippen LogP contribution in [0.25, 0.3) is 0 Å².